The molecule has 2 aromatic rings. The molecule has 0 bridgehead atoms. The van der Waals surface area contributed by atoms with Crippen LogP contribution < -0.4 is 10.6 Å². The van der Waals surface area contributed by atoms with Gasteiger partial charge in [0, 0.05) is 24.9 Å². The summed E-state index contributed by atoms with van der Waals surface area (Å²) in [6.07, 6.45) is -3.50. The van der Waals surface area contributed by atoms with E-state index in [2.05, 4.69) is 10.6 Å². The van der Waals surface area contributed by atoms with E-state index in [4.69, 9.17) is 11.6 Å². The molecule has 0 saturated heterocycles. The van der Waals surface area contributed by atoms with E-state index in [-0.39, 0.29) is 34.1 Å². The molecule has 0 saturated carbocycles. The Kier molecular flexibility index (Phi) is 6.91. The van der Waals surface area contributed by atoms with Crippen molar-refractivity contribution in [2.24, 2.45) is 0 Å². The summed E-state index contributed by atoms with van der Waals surface area (Å²) in [6.45, 7) is -0.0143. The number of sulfone groups is 1. The summed E-state index contributed by atoms with van der Waals surface area (Å²) >= 11 is 5.92. The monoisotopic (exact) mass is 448 g/mol. The second-order valence-corrected chi connectivity index (χ2v) is 8.42. The van der Waals surface area contributed by atoms with Gasteiger partial charge in [-0.1, -0.05) is 11.6 Å². The van der Waals surface area contributed by atoms with Crippen LogP contribution in [0.3, 0.4) is 0 Å². The van der Waals surface area contributed by atoms with E-state index < -0.39 is 33.4 Å². The Balaban J connectivity index is 1.90. The van der Waals surface area contributed by atoms with Gasteiger partial charge < -0.3 is 10.6 Å². The largest absolute Gasteiger partial charge is 0.416 e. The van der Waals surface area contributed by atoms with Crippen molar-refractivity contribution in [3.63, 3.8) is 0 Å². The molecule has 29 heavy (non-hydrogen) atoms. The standard InChI is InChI=1S/C18H16ClF3N2O4S/c1-29(27,28)13-6-7-15(19)14(10-13)17(26)24-9-8-23-16(25)11-2-4-12(5-3-11)18(20,21)22/h2-7,10H,8-9H2,1H3,(H,23,25)(H,24,26). The molecule has 0 fully saturated rings. The molecule has 2 amide bonds. The number of amides is 2. The van der Waals surface area contributed by atoms with Crippen LogP contribution in [0.15, 0.2) is 47.4 Å². The summed E-state index contributed by atoms with van der Waals surface area (Å²) in [5.41, 5.74) is -0.869. The van der Waals surface area contributed by atoms with Gasteiger partial charge in [-0.15, -0.1) is 0 Å². The normalized spacial score (nSPS) is 11.8. The number of benzene rings is 2. The highest BCUT2D eigenvalue weighted by atomic mass is 35.5. The summed E-state index contributed by atoms with van der Waals surface area (Å²) in [4.78, 5) is 24.1. The molecule has 0 aliphatic rings. The summed E-state index contributed by atoms with van der Waals surface area (Å²) in [5.74, 6) is -1.24. The van der Waals surface area contributed by atoms with Gasteiger partial charge >= 0.3 is 6.18 Å². The van der Waals surface area contributed by atoms with Crippen LogP contribution in [-0.4, -0.2) is 39.6 Å². The third-order valence-electron chi connectivity index (χ3n) is 3.78. The molecule has 0 aliphatic carbocycles. The summed E-state index contributed by atoms with van der Waals surface area (Å²) in [5, 5.41) is 4.98. The first-order valence-electron chi connectivity index (χ1n) is 8.13. The molecule has 2 aromatic carbocycles. The number of hydrogen-bond donors (Lipinski definition) is 2. The molecule has 0 aromatic heterocycles. The lowest BCUT2D eigenvalue weighted by Gasteiger charge is -2.10. The molecule has 0 spiro atoms. The first-order valence-corrected chi connectivity index (χ1v) is 10.4. The molecule has 0 heterocycles. The second kappa shape index (κ2) is 8.83. The van der Waals surface area contributed by atoms with Crippen molar-refractivity contribution in [1.82, 2.24) is 10.6 Å². The van der Waals surface area contributed by atoms with Crippen LogP contribution in [0, 0.1) is 0 Å². The van der Waals surface area contributed by atoms with Crippen molar-refractivity contribution in [2.45, 2.75) is 11.1 Å². The van der Waals surface area contributed by atoms with Gasteiger partial charge in [-0.25, -0.2) is 8.42 Å². The number of carbonyl (C=O) groups excluding carboxylic acids is 2. The van der Waals surface area contributed by atoms with Crippen molar-refractivity contribution < 1.29 is 31.2 Å². The average molecular weight is 449 g/mol. The van der Waals surface area contributed by atoms with Crippen molar-refractivity contribution in [3.8, 4) is 0 Å². The second-order valence-electron chi connectivity index (χ2n) is 6.00. The molecule has 11 heteroatoms. The zero-order valence-electron chi connectivity index (χ0n) is 15.0. The van der Waals surface area contributed by atoms with E-state index in [1.54, 1.807) is 0 Å². The van der Waals surface area contributed by atoms with E-state index in [9.17, 15) is 31.2 Å². The first-order chi connectivity index (χ1) is 13.4. The third kappa shape index (κ3) is 6.20. The maximum absolute atomic E-state index is 12.5. The van der Waals surface area contributed by atoms with Crippen molar-refractivity contribution in [1.29, 1.82) is 0 Å². The average Bonchev–Trinajstić information content (AvgIpc) is 2.63. The van der Waals surface area contributed by atoms with Crippen LogP contribution in [0.25, 0.3) is 0 Å². The molecule has 0 aliphatic heterocycles. The lowest BCUT2D eigenvalue weighted by Crippen LogP contribution is -2.34. The molecule has 0 atom stereocenters. The van der Waals surface area contributed by atoms with Gasteiger partial charge in [0.1, 0.15) is 0 Å². The molecule has 0 unspecified atom stereocenters. The fourth-order valence-electron chi connectivity index (χ4n) is 2.27. The van der Waals surface area contributed by atoms with Crippen LogP contribution in [0.4, 0.5) is 13.2 Å². The quantitative estimate of drug-likeness (QED) is 0.665. The zero-order valence-corrected chi connectivity index (χ0v) is 16.6. The number of halogens is 4. The molecular weight excluding hydrogens is 433 g/mol. The van der Waals surface area contributed by atoms with Gasteiger partial charge in [0.2, 0.25) is 0 Å². The molecule has 0 radical (unpaired) electrons. The van der Waals surface area contributed by atoms with Crippen molar-refractivity contribution >= 4 is 33.3 Å². The maximum Gasteiger partial charge on any atom is 0.416 e. The Labute approximate surface area is 170 Å². The number of carbonyl (C=O) groups is 2. The Morgan fingerprint density at radius 1 is 0.966 bits per heavy atom. The molecule has 156 valence electrons. The lowest BCUT2D eigenvalue weighted by molar-refractivity contribution is -0.137. The van der Waals surface area contributed by atoms with Gasteiger partial charge in [0.05, 0.1) is 21.0 Å². The highest BCUT2D eigenvalue weighted by Gasteiger charge is 2.30. The van der Waals surface area contributed by atoms with E-state index in [0.29, 0.717) is 0 Å². The molecule has 6 nitrogen and oxygen atoms in total. The van der Waals surface area contributed by atoms with Crippen LogP contribution in [0.1, 0.15) is 26.3 Å². The summed E-state index contributed by atoms with van der Waals surface area (Å²) in [7, 11) is -3.52. The topological polar surface area (TPSA) is 92.3 Å². The Morgan fingerprint density at radius 3 is 2.03 bits per heavy atom. The molecular formula is C18H16ClF3N2O4S. The van der Waals surface area contributed by atoms with Gasteiger partial charge in [-0.3, -0.25) is 9.59 Å². The van der Waals surface area contributed by atoms with Crippen molar-refractivity contribution in [3.05, 3.63) is 64.2 Å². The maximum atomic E-state index is 12.5. The number of rotatable bonds is 6. The van der Waals surface area contributed by atoms with E-state index in [1.807, 2.05) is 0 Å². The van der Waals surface area contributed by atoms with Gasteiger partial charge in [-0.2, -0.15) is 13.2 Å². The van der Waals surface area contributed by atoms with Crippen LogP contribution in [-0.2, 0) is 16.0 Å². The number of nitrogens with one attached hydrogen (secondary N) is 2. The van der Waals surface area contributed by atoms with Gasteiger partial charge in [0.25, 0.3) is 11.8 Å². The first kappa shape index (κ1) is 22.7. The Bertz CT molecular complexity index is 1020. The predicted octanol–water partition coefficient (Wildman–Crippen LogP) is 2.92. The summed E-state index contributed by atoms with van der Waals surface area (Å²) < 4.78 is 60.7. The Morgan fingerprint density at radius 2 is 1.52 bits per heavy atom. The molecule has 2 rings (SSSR count). The fraction of sp³-hybridized carbons (Fsp3) is 0.222. The highest BCUT2D eigenvalue weighted by molar-refractivity contribution is 7.90. The minimum absolute atomic E-state index is 0.00498. The number of hydrogen-bond acceptors (Lipinski definition) is 4. The molecule has 2 N–H and O–H groups in total. The minimum atomic E-state index is -4.49. The summed E-state index contributed by atoms with van der Waals surface area (Å²) in [6, 6.07) is 7.41. The van der Waals surface area contributed by atoms with Crippen LogP contribution >= 0.6 is 11.6 Å². The fourth-order valence-corrected chi connectivity index (χ4v) is 3.12. The van der Waals surface area contributed by atoms with Crippen LogP contribution in [0.2, 0.25) is 5.02 Å². The van der Waals surface area contributed by atoms with E-state index >= 15 is 0 Å². The van der Waals surface area contributed by atoms with E-state index in [0.717, 1.165) is 36.6 Å². The van der Waals surface area contributed by atoms with Gasteiger partial charge in [0.15, 0.2) is 9.84 Å². The Hall–Kier alpha value is -2.59. The highest BCUT2D eigenvalue weighted by Crippen LogP contribution is 2.29. The van der Waals surface area contributed by atoms with Crippen molar-refractivity contribution in [2.75, 3.05) is 19.3 Å². The predicted molar refractivity (Wildman–Crippen MR) is 101 cm³/mol. The third-order valence-corrected chi connectivity index (χ3v) is 5.22. The number of alkyl halides is 3. The lowest BCUT2D eigenvalue weighted by atomic mass is 10.1. The smallest absolute Gasteiger partial charge is 0.350 e. The zero-order chi connectivity index (χ0) is 21.8. The SMILES string of the molecule is CS(=O)(=O)c1ccc(Cl)c(C(=O)NCCNC(=O)c2ccc(C(F)(F)F)cc2)c1. The van der Waals surface area contributed by atoms with Crippen LogP contribution in [0.5, 0.6) is 0 Å². The van der Waals surface area contributed by atoms with E-state index in [1.165, 1.54) is 12.1 Å². The van der Waals surface area contributed by atoms with Gasteiger partial charge in [-0.05, 0) is 42.5 Å². The minimum Gasteiger partial charge on any atom is -0.350 e.